The summed E-state index contributed by atoms with van der Waals surface area (Å²) in [6.45, 7) is 1.60. The first-order valence-electron chi connectivity index (χ1n) is 6.78. The fraction of sp³-hybridized carbons (Fsp3) is 0.533. The summed E-state index contributed by atoms with van der Waals surface area (Å²) in [6.07, 6.45) is -0.367. The second-order valence-corrected chi connectivity index (χ2v) is 6.07. The average Bonchev–Trinajstić information content (AvgIpc) is 2.81. The lowest BCUT2D eigenvalue weighted by atomic mass is 9.77. The minimum atomic E-state index is -4.27. The summed E-state index contributed by atoms with van der Waals surface area (Å²) in [6, 6.07) is 5.53. The van der Waals surface area contributed by atoms with Crippen LogP contribution in [0.1, 0.15) is 36.3 Å². The molecule has 2 fully saturated rings. The second-order valence-electron chi connectivity index (χ2n) is 6.07. The Kier molecular flexibility index (Phi) is 3.03. The van der Waals surface area contributed by atoms with Crippen LogP contribution in [0.3, 0.4) is 0 Å². The van der Waals surface area contributed by atoms with E-state index in [2.05, 4.69) is 0 Å². The summed E-state index contributed by atoms with van der Waals surface area (Å²) in [5.41, 5.74) is 0.609. The molecule has 1 amide bonds. The molecule has 0 unspecified atom stereocenters. The molecule has 1 aromatic rings. The monoisotopic (exact) mass is 283 g/mol. The van der Waals surface area contributed by atoms with Gasteiger partial charge in [0, 0.05) is 18.5 Å². The van der Waals surface area contributed by atoms with Crippen LogP contribution in [0.5, 0.6) is 0 Å². The highest BCUT2D eigenvalue weighted by atomic mass is 19.4. The van der Waals surface area contributed by atoms with E-state index in [1.54, 1.807) is 17.0 Å². The van der Waals surface area contributed by atoms with E-state index in [0.29, 0.717) is 5.92 Å². The number of rotatable bonds is 2. The van der Waals surface area contributed by atoms with Gasteiger partial charge in [-0.2, -0.15) is 13.2 Å². The van der Waals surface area contributed by atoms with Gasteiger partial charge >= 0.3 is 6.18 Å². The predicted octanol–water partition coefficient (Wildman–Crippen LogP) is 3.43. The van der Waals surface area contributed by atoms with Crippen LogP contribution >= 0.6 is 0 Å². The molecule has 2 nitrogen and oxygen atoms in total. The van der Waals surface area contributed by atoms with Gasteiger partial charge in [0.15, 0.2) is 0 Å². The van der Waals surface area contributed by atoms with Gasteiger partial charge in [0.05, 0.1) is 5.56 Å². The number of amides is 1. The molecule has 0 radical (unpaired) electrons. The van der Waals surface area contributed by atoms with Crippen LogP contribution in [-0.2, 0) is 11.0 Å². The quantitative estimate of drug-likeness (QED) is 0.761. The summed E-state index contributed by atoms with van der Waals surface area (Å²) in [5.74, 6) is 0.325. The van der Waals surface area contributed by atoms with Crippen molar-refractivity contribution in [2.24, 2.45) is 5.41 Å². The van der Waals surface area contributed by atoms with E-state index in [-0.39, 0.29) is 5.41 Å². The Labute approximate surface area is 115 Å². The molecule has 1 aliphatic heterocycles. The highest BCUT2D eigenvalue weighted by Crippen LogP contribution is 2.51. The van der Waals surface area contributed by atoms with E-state index in [1.807, 2.05) is 0 Å². The van der Waals surface area contributed by atoms with Crippen molar-refractivity contribution >= 4 is 6.41 Å². The maximum atomic E-state index is 12.5. The number of carbonyl (C=O) groups is 1. The number of carbonyl (C=O) groups excluding carboxylic acids is 1. The first kappa shape index (κ1) is 13.5. The van der Waals surface area contributed by atoms with Crippen molar-refractivity contribution in [2.45, 2.75) is 31.4 Å². The van der Waals surface area contributed by atoms with Gasteiger partial charge in [-0.15, -0.1) is 0 Å². The Hall–Kier alpha value is -1.52. The predicted molar refractivity (Wildman–Crippen MR) is 68.1 cm³/mol. The molecular weight excluding hydrogens is 267 g/mol. The van der Waals surface area contributed by atoms with Crippen LogP contribution in [-0.4, -0.2) is 24.4 Å². The Balaban J connectivity index is 1.68. The van der Waals surface area contributed by atoms with Crippen molar-refractivity contribution < 1.29 is 18.0 Å². The van der Waals surface area contributed by atoms with Crippen LogP contribution in [0.4, 0.5) is 13.2 Å². The molecule has 1 saturated carbocycles. The SMILES string of the molecule is O=CN1CC2(CC[C@@H](c3ccc(C(F)(F)F)cc3)C2)C1. The van der Waals surface area contributed by atoms with Gasteiger partial charge in [-0.3, -0.25) is 4.79 Å². The number of likely N-dealkylation sites (tertiary alicyclic amines) is 1. The molecule has 1 heterocycles. The van der Waals surface area contributed by atoms with Crippen molar-refractivity contribution in [3.8, 4) is 0 Å². The largest absolute Gasteiger partial charge is 0.416 e. The van der Waals surface area contributed by atoms with E-state index < -0.39 is 11.7 Å². The van der Waals surface area contributed by atoms with E-state index in [0.717, 1.165) is 44.3 Å². The minimum absolute atomic E-state index is 0.217. The zero-order valence-corrected chi connectivity index (χ0v) is 11.0. The van der Waals surface area contributed by atoms with Crippen LogP contribution < -0.4 is 0 Å². The molecule has 1 atom stereocenters. The number of nitrogens with zero attached hydrogens (tertiary/aromatic N) is 1. The molecule has 0 N–H and O–H groups in total. The number of hydrogen-bond acceptors (Lipinski definition) is 1. The standard InChI is InChI=1S/C15H16F3NO/c16-15(17,18)13-3-1-11(2-4-13)12-5-6-14(7-12)8-19(9-14)10-20/h1-4,10,12H,5-9H2/t12-/m1/s1. The third kappa shape index (κ3) is 2.30. The number of hydrogen-bond donors (Lipinski definition) is 0. The molecule has 1 aromatic carbocycles. The van der Waals surface area contributed by atoms with Crippen LogP contribution in [0.25, 0.3) is 0 Å². The third-order valence-corrected chi connectivity index (χ3v) is 4.64. The maximum Gasteiger partial charge on any atom is 0.416 e. The van der Waals surface area contributed by atoms with E-state index >= 15 is 0 Å². The number of halogens is 3. The molecule has 3 rings (SSSR count). The smallest absolute Gasteiger partial charge is 0.344 e. The highest BCUT2D eigenvalue weighted by Gasteiger charge is 2.47. The summed E-state index contributed by atoms with van der Waals surface area (Å²) >= 11 is 0. The lowest BCUT2D eigenvalue weighted by molar-refractivity contribution is -0.137. The highest BCUT2D eigenvalue weighted by molar-refractivity contribution is 5.49. The van der Waals surface area contributed by atoms with Gasteiger partial charge in [-0.25, -0.2) is 0 Å². The van der Waals surface area contributed by atoms with E-state index in [4.69, 9.17) is 0 Å². The van der Waals surface area contributed by atoms with Crippen molar-refractivity contribution in [1.82, 2.24) is 4.90 Å². The molecule has 1 spiro atoms. The second kappa shape index (κ2) is 4.50. The zero-order valence-electron chi connectivity index (χ0n) is 11.0. The molecule has 5 heteroatoms. The van der Waals surface area contributed by atoms with Gasteiger partial charge in [0.2, 0.25) is 6.41 Å². The van der Waals surface area contributed by atoms with Crippen molar-refractivity contribution in [3.63, 3.8) is 0 Å². The fourth-order valence-corrected chi connectivity index (χ4v) is 3.61. The third-order valence-electron chi connectivity index (χ3n) is 4.64. The van der Waals surface area contributed by atoms with Crippen LogP contribution in [0, 0.1) is 5.41 Å². The first-order chi connectivity index (χ1) is 9.42. The van der Waals surface area contributed by atoms with Gasteiger partial charge < -0.3 is 4.90 Å². The van der Waals surface area contributed by atoms with Gasteiger partial charge in [-0.05, 0) is 42.9 Å². The molecule has 108 valence electrons. The molecule has 0 bridgehead atoms. The molecular formula is C15H16F3NO. The Morgan fingerprint density at radius 3 is 2.40 bits per heavy atom. The lowest BCUT2D eigenvalue weighted by Crippen LogP contribution is -2.54. The fourth-order valence-electron chi connectivity index (χ4n) is 3.61. The van der Waals surface area contributed by atoms with E-state index in [1.165, 1.54) is 12.1 Å². The van der Waals surface area contributed by atoms with Gasteiger partial charge in [0.25, 0.3) is 0 Å². The lowest BCUT2D eigenvalue weighted by Gasteiger charge is -2.46. The molecule has 20 heavy (non-hydrogen) atoms. The van der Waals surface area contributed by atoms with E-state index in [9.17, 15) is 18.0 Å². The maximum absolute atomic E-state index is 12.5. The van der Waals surface area contributed by atoms with Crippen LogP contribution in [0.2, 0.25) is 0 Å². The van der Waals surface area contributed by atoms with Gasteiger partial charge in [0.1, 0.15) is 0 Å². The Morgan fingerprint density at radius 2 is 1.85 bits per heavy atom. The Morgan fingerprint density at radius 1 is 1.20 bits per heavy atom. The summed E-state index contributed by atoms with van der Waals surface area (Å²) in [5, 5.41) is 0. The topological polar surface area (TPSA) is 20.3 Å². The van der Waals surface area contributed by atoms with Gasteiger partial charge in [-0.1, -0.05) is 12.1 Å². The number of benzene rings is 1. The normalized spacial score (nSPS) is 24.8. The molecule has 0 aromatic heterocycles. The molecule has 2 aliphatic rings. The average molecular weight is 283 g/mol. The van der Waals surface area contributed by atoms with Crippen molar-refractivity contribution in [1.29, 1.82) is 0 Å². The first-order valence-corrected chi connectivity index (χ1v) is 6.78. The van der Waals surface area contributed by atoms with Crippen molar-refractivity contribution in [3.05, 3.63) is 35.4 Å². The number of alkyl halides is 3. The Bertz CT molecular complexity index is 503. The van der Waals surface area contributed by atoms with Crippen LogP contribution in [0.15, 0.2) is 24.3 Å². The van der Waals surface area contributed by atoms with Crippen molar-refractivity contribution in [2.75, 3.05) is 13.1 Å². The minimum Gasteiger partial charge on any atom is -0.344 e. The zero-order chi connectivity index (χ0) is 14.4. The molecule has 1 aliphatic carbocycles. The summed E-state index contributed by atoms with van der Waals surface area (Å²) < 4.78 is 37.6. The molecule has 1 saturated heterocycles. The summed E-state index contributed by atoms with van der Waals surface area (Å²) in [4.78, 5) is 12.4. The summed E-state index contributed by atoms with van der Waals surface area (Å²) in [7, 11) is 0.